The van der Waals surface area contributed by atoms with Crippen LogP contribution in [0.4, 0.5) is 0 Å². The summed E-state index contributed by atoms with van der Waals surface area (Å²) in [7, 11) is 3.18. The Kier molecular flexibility index (Phi) is 11.6. The Bertz CT molecular complexity index is 2110. The number of esters is 1. The van der Waals surface area contributed by atoms with E-state index >= 15 is 0 Å². The molecule has 13 nitrogen and oxygen atoms in total. The van der Waals surface area contributed by atoms with Crippen molar-refractivity contribution in [3.63, 3.8) is 0 Å². The van der Waals surface area contributed by atoms with E-state index in [2.05, 4.69) is 54.3 Å². The number of fused-ring (bicyclic) bond motifs is 6. The Hall–Kier alpha value is -5.27. The number of amides is 3. The number of phenols is 1. The number of aryl methyl sites for hydroxylation is 1. The van der Waals surface area contributed by atoms with Crippen molar-refractivity contribution in [3.8, 4) is 28.1 Å². The molecule has 4 heterocycles. The van der Waals surface area contributed by atoms with Gasteiger partial charge in [0.1, 0.15) is 17.8 Å². The molecular weight excluding hydrogens is 700 g/mol. The second-order valence-corrected chi connectivity index (χ2v) is 15.5. The number of nitrogens with one attached hydrogen (secondary N) is 2. The van der Waals surface area contributed by atoms with Gasteiger partial charge in [-0.05, 0) is 91.8 Å². The predicted octanol–water partition coefficient (Wildman–Crippen LogP) is 4.93. The van der Waals surface area contributed by atoms with Crippen LogP contribution in [-0.4, -0.2) is 94.2 Å². The number of nitrogens with zero attached hydrogens (tertiary/aromatic N) is 4. The number of hydrazine groups is 1. The van der Waals surface area contributed by atoms with Crippen LogP contribution in [0.25, 0.3) is 33.3 Å². The van der Waals surface area contributed by atoms with Gasteiger partial charge in [-0.2, -0.15) is 0 Å². The Morgan fingerprint density at radius 3 is 2.67 bits per heavy atom. The quantitative estimate of drug-likeness (QED) is 0.223. The largest absolute Gasteiger partial charge is 0.508 e. The van der Waals surface area contributed by atoms with Crippen LogP contribution in [-0.2, 0) is 48.0 Å². The van der Waals surface area contributed by atoms with Gasteiger partial charge in [-0.3, -0.25) is 29.2 Å². The topological polar surface area (TPSA) is 155 Å². The van der Waals surface area contributed by atoms with E-state index in [0.29, 0.717) is 37.9 Å². The summed E-state index contributed by atoms with van der Waals surface area (Å²) in [6, 6.07) is 13.6. The van der Waals surface area contributed by atoms with Crippen LogP contribution in [0.3, 0.4) is 0 Å². The molecule has 3 amide bonds. The van der Waals surface area contributed by atoms with Gasteiger partial charge in [-0.1, -0.05) is 26.0 Å². The lowest BCUT2D eigenvalue weighted by atomic mass is 9.84. The molecule has 55 heavy (non-hydrogen) atoms. The number of hydrogen-bond donors (Lipinski definition) is 3. The van der Waals surface area contributed by atoms with Crippen LogP contribution < -0.4 is 10.7 Å². The van der Waals surface area contributed by atoms with Crippen LogP contribution in [0.2, 0.25) is 0 Å². The van der Waals surface area contributed by atoms with E-state index in [0.717, 1.165) is 44.5 Å². The van der Waals surface area contributed by atoms with E-state index in [1.165, 1.54) is 23.9 Å². The summed E-state index contributed by atoms with van der Waals surface area (Å²) in [5.74, 6) is -1.70. The molecule has 2 aliphatic rings. The van der Waals surface area contributed by atoms with Crippen molar-refractivity contribution in [1.29, 1.82) is 0 Å². The van der Waals surface area contributed by atoms with Crippen LogP contribution >= 0.6 is 0 Å². The molecular formula is C42H52N6O7. The Balaban J connectivity index is 1.53. The van der Waals surface area contributed by atoms with Crippen molar-refractivity contribution < 1.29 is 33.8 Å². The van der Waals surface area contributed by atoms with Gasteiger partial charge in [0.15, 0.2) is 0 Å². The lowest BCUT2D eigenvalue weighted by molar-refractivity contribution is -0.155. The lowest BCUT2D eigenvalue weighted by Gasteiger charge is -2.35. The highest BCUT2D eigenvalue weighted by atomic mass is 16.5. The third kappa shape index (κ3) is 8.52. The predicted molar refractivity (Wildman–Crippen MR) is 209 cm³/mol. The average Bonchev–Trinajstić information content (AvgIpc) is 3.46. The Morgan fingerprint density at radius 2 is 1.95 bits per heavy atom. The van der Waals surface area contributed by atoms with Crippen molar-refractivity contribution in [3.05, 3.63) is 71.5 Å². The number of benzene rings is 2. The maximum absolute atomic E-state index is 14.1. The van der Waals surface area contributed by atoms with Gasteiger partial charge in [-0.15, -0.1) is 0 Å². The number of aromatic nitrogens is 2. The minimum atomic E-state index is -1.07. The highest BCUT2D eigenvalue weighted by Gasteiger charge is 2.35. The second kappa shape index (κ2) is 16.2. The highest BCUT2D eigenvalue weighted by Crippen LogP contribution is 2.42. The van der Waals surface area contributed by atoms with Crippen LogP contribution in [0.15, 0.2) is 54.7 Å². The molecule has 0 aliphatic carbocycles. The SMILES string of the molecule is CCn1c(-c2cccnc2C(C)OC)c2c3cc(ccc31)-c1cc(O)cc(c1)CC(NC(=O)CN(C)C(C)=O)C(=O)N1CCC[C@H](N1)C(=O)OCC(C)(C)C2. The van der Waals surface area contributed by atoms with Crippen LogP contribution in [0.5, 0.6) is 5.75 Å². The zero-order valence-corrected chi connectivity index (χ0v) is 32.8. The summed E-state index contributed by atoms with van der Waals surface area (Å²) in [6.45, 7) is 10.5. The fraction of sp³-hybridized carbons (Fsp3) is 0.452. The van der Waals surface area contributed by atoms with Gasteiger partial charge in [0.25, 0.3) is 5.91 Å². The number of phenolic OH excluding ortho intramolecular Hbond substituents is 1. The molecule has 3 N–H and O–H groups in total. The smallest absolute Gasteiger partial charge is 0.324 e. The molecule has 6 rings (SSSR count). The summed E-state index contributed by atoms with van der Waals surface area (Å²) in [6.07, 6.45) is 3.13. The summed E-state index contributed by atoms with van der Waals surface area (Å²) in [4.78, 5) is 58.9. The van der Waals surface area contributed by atoms with Crippen molar-refractivity contribution in [2.24, 2.45) is 5.41 Å². The molecule has 6 bridgehead atoms. The maximum atomic E-state index is 14.1. The normalized spacial score (nSPS) is 19.4. The number of ether oxygens (including phenoxy) is 2. The highest BCUT2D eigenvalue weighted by molar-refractivity contribution is 5.95. The number of pyridine rings is 1. The third-order valence-electron chi connectivity index (χ3n) is 10.6. The standard InChI is InChI=1S/C42H52N6O7/c1-8-47-36-14-13-28-21-32(36)33(39(47)31-11-9-15-43-38(31)25(2)54-7)22-42(4,5)24-55-41(53)34-12-10-16-48(45-34)40(52)35(44-37(51)23-46(6)26(3)49)19-27-17-29(28)20-30(50)18-27/h9,11,13-15,17-18,20-21,25,34-35,45,50H,8,10,12,16,19,22-24H2,1-7H3,(H,44,51)/t25?,34-,35?/m0/s1. The number of carbonyl (C=O) groups excluding carboxylic acids is 4. The Morgan fingerprint density at radius 1 is 1.16 bits per heavy atom. The molecule has 0 saturated carbocycles. The molecule has 3 atom stereocenters. The molecule has 292 valence electrons. The monoisotopic (exact) mass is 752 g/mol. The number of rotatable bonds is 7. The number of aromatic hydroxyl groups is 1. The van der Waals surface area contributed by atoms with E-state index in [9.17, 15) is 24.3 Å². The van der Waals surface area contributed by atoms with Gasteiger partial charge in [0.2, 0.25) is 11.8 Å². The molecule has 4 aromatic rings. The first-order chi connectivity index (χ1) is 26.2. The first-order valence-electron chi connectivity index (χ1n) is 18.9. The zero-order valence-electron chi connectivity index (χ0n) is 32.8. The molecule has 13 heteroatoms. The molecule has 2 unspecified atom stereocenters. The summed E-state index contributed by atoms with van der Waals surface area (Å²) < 4.78 is 14.1. The number of hydrogen-bond acceptors (Lipinski definition) is 9. The minimum Gasteiger partial charge on any atom is -0.508 e. The number of methoxy groups -OCH3 is 1. The zero-order chi connectivity index (χ0) is 39.6. The van der Waals surface area contributed by atoms with Gasteiger partial charge in [-0.25, -0.2) is 5.43 Å². The summed E-state index contributed by atoms with van der Waals surface area (Å²) >= 11 is 0. The lowest BCUT2D eigenvalue weighted by Crippen LogP contribution is -2.61. The van der Waals surface area contributed by atoms with Gasteiger partial charge in [0, 0.05) is 68.7 Å². The summed E-state index contributed by atoms with van der Waals surface area (Å²) in [5.41, 5.74) is 9.65. The number of carbonyl (C=O) groups is 4. The summed E-state index contributed by atoms with van der Waals surface area (Å²) in [5, 5.41) is 16.3. The third-order valence-corrected chi connectivity index (χ3v) is 10.6. The fourth-order valence-electron chi connectivity index (χ4n) is 7.63. The van der Waals surface area contributed by atoms with E-state index in [4.69, 9.17) is 14.5 Å². The minimum absolute atomic E-state index is 0.0106. The molecule has 2 aliphatic heterocycles. The van der Waals surface area contributed by atoms with Crippen molar-refractivity contribution in [2.45, 2.75) is 85.0 Å². The molecule has 1 saturated heterocycles. The van der Waals surface area contributed by atoms with Crippen molar-refractivity contribution in [2.75, 3.05) is 33.9 Å². The van der Waals surface area contributed by atoms with E-state index < -0.39 is 35.3 Å². The van der Waals surface area contributed by atoms with Crippen molar-refractivity contribution >= 4 is 34.6 Å². The molecule has 1 fully saturated rings. The van der Waals surface area contributed by atoms with E-state index in [-0.39, 0.29) is 37.3 Å². The van der Waals surface area contributed by atoms with Gasteiger partial charge in [0.05, 0.1) is 30.6 Å². The Labute approximate surface area is 322 Å². The van der Waals surface area contributed by atoms with Crippen LogP contribution in [0, 0.1) is 5.41 Å². The van der Waals surface area contributed by atoms with Crippen LogP contribution in [0.1, 0.15) is 70.4 Å². The number of cyclic esters (lactones) is 1. The molecule has 0 radical (unpaired) electrons. The number of likely N-dealkylation sites (N-methyl/N-ethyl adjacent to an activating group) is 1. The first-order valence-corrected chi connectivity index (χ1v) is 18.9. The average molecular weight is 753 g/mol. The first kappa shape index (κ1) is 39.4. The fourth-order valence-corrected chi connectivity index (χ4v) is 7.63. The van der Waals surface area contributed by atoms with E-state index in [1.807, 2.05) is 25.1 Å². The van der Waals surface area contributed by atoms with Crippen molar-refractivity contribution in [1.82, 2.24) is 30.2 Å². The molecule has 2 aromatic carbocycles. The molecule has 2 aromatic heterocycles. The second-order valence-electron chi connectivity index (χ2n) is 15.5. The maximum Gasteiger partial charge on any atom is 0.324 e. The van der Waals surface area contributed by atoms with E-state index in [1.54, 1.807) is 25.4 Å². The van der Waals surface area contributed by atoms with Gasteiger partial charge < -0.3 is 29.4 Å². The molecule has 0 spiro atoms. The van der Waals surface area contributed by atoms with Gasteiger partial charge >= 0.3 is 5.97 Å².